The van der Waals surface area contributed by atoms with E-state index in [0.717, 1.165) is 18.6 Å². The Labute approximate surface area is 111 Å². The molecule has 18 heavy (non-hydrogen) atoms. The third kappa shape index (κ3) is 1.66. The van der Waals surface area contributed by atoms with Crippen molar-refractivity contribution < 1.29 is 4.74 Å². The lowest BCUT2D eigenvalue weighted by Crippen LogP contribution is -2.34. The molecular formula is C15H17NOS. The maximum absolute atomic E-state index is 6.68. The maximum atomic E-state index is 6.68. The van der Waals surface area contributed by atoms with Gasteiger partial charge in [0.1, 0.15) is 5.75 Å². The SMILES string of the molecule is COc1ccc2c(c1)C(N)(c1csc(C)c1)CC2. The lowest BCUT2D eigenvalue weighted by Gasteiger charge is -2.25. The minimum Gasteiger partial charge on any atom is -0.497 e. The zero-order chi connectivity index (χ0) is 12.8. The van der Waals surface area contributed by atoms with Gasteiger partial charge in [0, 0.05) is 4.88 Å². The monoisotopic (exact) mass is 259 g/mol. The molecule has 1 aliphatic rings. The van der Waals surface area contributed by atoms with Gasteiger partial charge >= 0.3 is 0 Å². The van der Waals surface area contributed by atoms with Gasteiger partial charge in [-0.25, -0.2) is 0 Å². The molecule has 94 valence electrons. The van der Waals surface area contributed by atoms with Gasteiger partial charge < -0.3 is 10.5 Å². The molecular weight excluding hydrogens is 242 g/mol. The van der Waals surface area contributed by atoms with Gasteiger partial charge in [-0.2, -0.15) is 0 Å². The number of rotatable bonds is 2. The molecule has 0 saturated heterocycles. The minimum atomic E-state index is -0.339. The molecule has 0 spiro atoms. The summed E-state index contributed by atoms with van der Waals surface area (Å²) in [6, 6.07) is 8.46. The van der Waals surface area contributed by atoms with Crippen molar-refractivity contribution >= 4 is 11.3 Å². The molecule has 3 rings (SSSR count). The molecule has 1 aromatic carbocycles. The van der Waals surface area contributed by atoms with Gasteiger partial charge in [0.05, 0.1) is 12.6 Å². The fourth-order valence-electron chi connectivity index (χ4n) is 2.76. The predicted octanol–water partition coefficient (Wildman–Crippen LogP) is 3.21. The van der Waals surface area contributed by atoms with Gasteiger partial charge in [-0.05, 0) is 60.0 Å². The minimum absolute atomic E-state index is 0.339. The molecule has 1 atom stereocenters. The van der Waals surface area contributed by atoms with E-state index in [9.17, 15) is 0 Å². The van der Waals surface area contributed by atoms with Crippen molar-refractivity contribution in [3.05, 3.63) is 51.2 Å². The van der Waals surface area contributed by atoms with Gasteiger partial charge in [-0.3, -0.25) is 0 Å². The summed E-state index contributed by atoms with van der Waals surface area (Å²) in [6.45, 7) is 2.12. The predicted molar refractivity (Wildman–Crippen MR) is 75.3 cm³/mol. The van der Waals surface area contributed by atoms with Crippen LogP contribution in [0.25, 0.3) is 0 Å². The molecule has 2 nitrogen and oxygen atoms in total. The Bertz CT molecular complexity index is 590. The number of nitrogens with two attached hydrogens (primary N) is 1. The molecule has 0 radical (unpaired) electrons. The van der Waals surface area contributed by atoms with Crippen LogP contribution in [0, 0.1) is 6.92 Å². The molecule has 3 heteroatoms. The molecule has 1 aliphatic carbocycles. The van der Waals surface area contributed by atoms with E-state index >= 15 is 0 Å². The van der Waals surface area contributed by atoms with Crippen molar-refractivity contribution in [2.75, 3.05) is 7.11 Å². The van der Waals surface area contributed by atoms with E-state index in [1.807, 2.05) is 6.07 Å². The summed E-state index contributed by atoms with van der Waals surface area (Å²) in [6.07, 6.45) is 2.02. The highest BCUT2D eigenvalue weighted by Gasteiger charge is 2.37. The Balaban J connectivity index is 2.12. The number of ether oxygens (including phenoxy) is 1. The second-order valence-electron chi connectivity index (χ2n) is 4.94. The van der Waals surface area contributed by atoms with Crippen LogP contribution in [0.1, 0.15) is 28.0 Å². The lowest BCUT2D eigenvalue weighted by atomic mass is 9.87. The quantitative estimate of drug-likeness (QED) is 0.898. The Morgan fingerprint density at radius 3 is 2.83 bits per heavy atom. The first-order chi connectivity index (χ1) is 8.63. The van der Waals surface area contributed by atoms with Crippen LogP contribution in [-0.2, 0) is 12.0 Å². The summed E-state index contributed by atoms with van der Waals surface area (Å²) in [5, 5.41) is 2.18. The normalized spacial score (nSPS) is 21.9. The number of hydrogen-bond acceptors (Lipinski definition) is 3. The van der Waals surface area contributed by atoms with Crippen molar-refractivity contribution in [2.45, 2.75) is 25.3 Å². The Hall–Kier alpha value is -1.32. The van der Waals surface area contributed by atoms with E-state index in [1.165, 1.54) is 21.6 Å². The molecule has 1 heterocycles. The number of aryl methyl sites for hydroxylation is 2. The molecule has 0 fully saturated rings. The molecule has 1 aromatic heterocycles. The Morgan fingerprint density at radius 2 is 2.17 bits per heavy atom. The van der Waals surface area contributed by atoms with E-state index in [4.69, 9.17) is 10.5 Å². The fraction of sp³-hybridized carbons (Fsp3) is 0.333. The standard InChI is InChI=1S/C15H17NOS/c1-10-7-12(9-18-10)15(16)6-5-11-3-4-13(17-2)8-14(11)15/h3-4,7-9H,5-6,16H2,1-2H3. The van der Waals surface area contributed by atoms with Crippen molar-refractivity contribution in [3.8, 4) is 5.75 Å². The van der Waals surface area contributed by atoms with Crippen molar-refractivity contribution in [1.82, 2.24) is 0 Å². The summed E-state index contributed by atoms with van der Waals surface area (Å²) in [4.78, 5) is 1.31. The average molecular weight is 259 g/mol. The van der Waals surface area contributed by atoms with Crippen LogP contribution in [0.5, 0.6) is 5.75 Å². The first kappa shape index (κ1) is 11.8. The number of methoxy groups -OCH3 is 1. The molecule has 0 amide bonds. The van der Waals surface area contributed by atoms with E-state index in [-0.39, 0.29) is 5.54 Å². The van der Waals surface area contributed by atoms with Gasteiger partial charge in [0.2, 0.25) is 0 Å². The number of fused-ring (bicyclic) bond motifs is 1. The Morgan fingerprint density at radius 1 is 1.33 bits per heavy atom. The van der Waals surface area contributed by atoms with E-state index < -0.39 is 0 Å². The van der Waals surface area contributed by atoms with Crippen molar-refractivity contribution in [3.63, 3.8) is 0 Å². The van der Waals surface area contributed by atoms with Gasteiger partial charge in [0.15, 0.2) is 0 Å². The zero-order valence-electron chi connectivity index (χ0n) is 10.7. The number of thiophene rings is 1. The largest absolute Gasteiger partial charge is 0.497 e. The molecule has 0 saturated carbocycles. The first-order valence-electron chi connectivity index (χ1n) is 6.15. The Kier molecular flexibility index (Phi) is 2.68. The number of benzene rings is 1. The van der Waals surface area contributed by atoms with Gasteiger partial charge in [-0.1, -0.05) is 6.07 Å². The molecule has 0 bridgehead atoms. The van der Waals surface area contributed by atoms with Crippen LogP contribution in [-0.4, -0.2) is 7.11 Å². The van der Waals surface area contributed by atoms with Crippen LogP contribution in [0.2, 0.25) is 0 Å². The molecule has 1 unspecified atom stereocenters. The highest BCUT2D eigenvalue weighted by Crippen LogP contribution is 2.42. The summed E-state index contributed by atoms with van der Waals surface area (Å²) >= 11 is 1.76. The summed E-state index contributed by atoms with van der Waals surface area (Å²) < 4.78 is 5.32. The van der Waals surface area contributed by atoms with E-state index in [2.05, 4.69) is 30.5 Å². The lowest BCUT2D eigenvalue weighted by molar-refractivity contribution is 0.413. The third-order valence-electron chi connectivity index (χ3n) is 3.83. The van der Waals surface area contributed by atoms with Gasteiger partial charge in [0.25, 0.3) is 0 Å². The van der Waals surface area contributed by atoms with Gasteiger partial charge in [-0.15, -0.1) is 11.3 Å². The first-order valence-corrected chi connectivity index (χ1v) is 7.03. The number of hydrogen-bond donors (Lipinski definition) is 1. The average Bonchev–Trinajstić information content (AvgIpc) is 2.95. The third-order valence-corrected chi connectivity index (χ3v) is 4.69. The van der Waals surface area contributed by atoms with Crippen LogP contribution in [0.15, 0.2) is 29.6 Å². The van der Waals surface area contributed by atoms with Crippen LogP contribution >= 0.6 is 11.3 Å². The highest BCUT2D eigenvalue weighted by atomic mass is 32.1. The van der Waals surface area contributed by atoms with Crippen molar-refractivity contribution in [2.24, 2.45) is 5.73 Å². The maximum Gasteiger partial charge on any atom is 0.119 e. The van der Waals surface area contributed by atoms with E-state index in [0.29, 0.717) is 0 Å². The summed E-state index contributed by atoms with van der Waals surface area (Å²) in [5.41, 5.74) is 10.1. The molecule has 0 aliphatic heterocycles. The topological polar surface area (TPSA) is 35.2 Å². The fourth-order valence-corrected chi connectivity index (χ4v) is 3.55. The molecule has 2 N–H and O–H groups in total. The second-order valence-corrected chi connectivity index (χ2v) is 6.06. The second kappa shape index (κ2) is 4.11. The van der Waals surface area contributed by atoms with Crippen molar-refractivity contribution in [1.29, 1.82) is 0 Å². The molecule has 2 aromatic rings. The van der Waals surface area contributed by atoms with Crippen LogP contribution in [0.4, 0.5) is 0 Å². The summed E-state index contributed by atoms with van der Waals surface area (Å²) in [7, 11) is 1.70. The highest BCUT2D eigenvalue weighted by molar-refractivity contribution is 7.10. The smallest absolute Gasteiger partial charge is 0.119 e. The van der Waals surface area contributed by atoms with Crippen LogP contribution in [0.3, 0.4) is 0 Å². The zero-order valence-corrected chi connectivity index (χ0v) is 11.5. The summed E-state index contributed by atoms with van der Waals surface area (Å²) in [5.74, 6) is 0.887. The van der Waals surface area contributed by atoms with Crippen LogP contribution < -0.4 is 10.5 Å². The van der Waals surface area contributed by atoms with E-state index in [1.54, 1.807) is 18.4 Å².